The Kier molecular flexibility index (Phi) is 6.29. The molecule has 0 radical (unpaired) electrons. The van der Waals surface area contributed by atoms with E-state index in [9.17, 15) is 19.5 Å². The van der Waals surface area contributed by atoms with Crippen LogP contribution in [-0.4, -0.2) is 22.9 Å². The van der Waals surface area contributed by atoms with Gasteiger partial charge in [-0.1, -0.05) is 34.8 Å². The maximum Gasteiger partial charge on any atom is 0.343 e. The predicted molar refractivity (Wildman–Crippen MR) is 125 cm³/mol. The van der Waals surface area contributed by atoms with Gasteiger partial charge >= 0.3 is 5.97 Å². The molecule has 33 heavy (non-hydrogen) atoms. The average molecular weight is 504 g/mol. The lowest BCUT2D eigenvalue weighted by atomic mass is 10.2. The van der Waals surface area contributed by atoms with Gasteiger partial charge in [0.2, 0.25) is 0 Å². The largest absolute Gasteiger partial charge is 0.506 e. The SMILES string of the molecule is O=C(Oc1ccc(Cl)c(O)c1)c1ccc(NC2=C(Cl)C(=O)N(c3ccc(Cl)cc3)C2=O)cc1. The van der Waals surface area contributed by atoms with Crippen molar-refractivity contribution in [1.29, 1.82) is 0 Å². The lowest BCUT2D eigenvalue weighted by Crippen LogP contribution is -2.32. The quantitative estimate of drug-likeness (QED) is 0.277. The second-order valence-electron chi connectivity index (χ2n) is 6.82. The summed E-state index contributed by atoms with van der Waals surface area (Å²) in [5.41, 5.74) is 0.869. The number of hydrogen-bond acceptors (Lipinski definition) is 6. The number of carbonyl (C=O) groups is 3. The zero-order valence-corrected chi connectivity index (χ0v) is 18.8. The molecule has 0 fully saturated rings. The van der Waals surface area contributed by atoms with E-state index in [0.717, 1.165) is 4.90 Å². The number of ether oxygens (including phenoxy) is 1. The molecule has 2 N–H and O–H groups in total. The fourth-order valence-corrected chi connectivity index (χ4v) is 3.45. The first-order valence-electron chi connectivity index (χ1n) is 9.36. The van der Waals surface area contributed by atoms with Gasteiger partial charge in [0.25, 0.3) is 11.8 Å². The number of benzene rings is 3. The lowest BCUT2D eigenvalue weighted by Gasteiger charge is -2.15. The van der Waals surface area contributed by atoms with Crippen molar-refractivity contribution in [1.82, 2.24) is 0 Å². The van der Waals surface area contributed by atoms with Crippen molar-refractivity contribution in [3.05, 3.63) is 93.1 Å². The number of hydrogen-bond donors (Lipinski definition) is 2. The summed E-state index contributed by atoms with van der Waals surface area (Å²) in [6.07, 6.45) is 0. The zero-order chi connectivity index (χ0) is 23.7. The van der Waals surface area contributed by atoms with Gasteiger partial charge in [0.15, 0.2) is 0 Å². The van der Waals surface area contributed by atoms with Gasteiger partial charge in [-0.05, 0) is 60.7 Å². The van der Waals surface area contributed by atoms with Gasteiger partial charge in [0, 0.05) is 16.8 Å². The number of halogens is 3. The molecule has 10 heteroatoms. The number of phenols is 1. The Morgan fingerprint density at radius 3 is 2.18 bits per heavy atom. The third kappa shape index (κ3) is 4.66. The minimum atomic E-state index is -0.669. The van der Waals surface area contributed by atoms with Crippen molar-refractivity contribution >= 4 is 64.0 Å². The molecule has 2 amide bonds. The molecule has 1 aliphatic rings. The van der Waals surface area contributed by atoms with Crippen molar-refractivity contribution in [3.8, 4) is 11.5 Å². The third-order valence-electron chi connectivity index (χ3n) is 4.63. The number of nitrogens with zero attached hydrogens (tertiary/aromatic N) is 1. The summed E-state index contributed by atoms with van der Waals surface area (Å²) in [6.45, 7) is 0. The van der Waals surface area contributed by atoms with Gasteiger partial charge in [-0.2, -0.15) is 0 Å². The summed E-state index contributed by atoms with van der Waals surface area (Å²) in [5, 5.41) is 12.8. The number of imide groups is 1. The van der Waals surface area contributed by atoms with Crippen LogP contribution in [0.1, 0.15) is 10.4 Å². The minimum absolute atomic E-state index is 0.0939. The molecule has 7 nitrogen and oxygen atoms in total. The Bertz CT molecular complexity index is 1300. The van der Waals surface area contributed by atoms with Crippen molar-refractivity contribution in [2.45, 2.75) is 0 Å². The van der Waals surface area contributed by atoms with Gasteiger partial charge in [-0.3, -0.25) is 9.59 Å². The predicted octanol–water partition coefficient (Wildman–Crippen LogP) is 5.35. The van der Waals surface area contributed by atoms with Crippen molar-refractivity contribution in [2.24, 2.45) is 0 Å². The van der Waals surface area contributed by atoms with Gasteiger partial charge in [0.05, 0.1) is 16.3 Å². The number of rotatable bonds is 5. The van der Waals surface area contributed by atoms with E-state index in [2.05, 4.69) is 5.32 Å². The summed E-state index contributed by atoms with van der Waals surface area (Å²) < 4.78 is 5.21. The molecule has 0 aliphatic carbocycles. The highest BCUT2D eigenvalue weighted by atomic mass is 35.5. The van der Waals surface area contributed by atoms with E-state index in [-0.39, 0.29) is 32.8 Å². The highest BCUT2D eigenvalue weighted by Crippen LogP contribution is 2.31. The first kappa shape index (κ1) is 22.7. The molecule has 3 aromatic carbocycles. The van der Waals surface area contributed by atoms with Crippen LogP contribution in [0.2, 0.25) is 10.0 Å². The van der Waals surface area contributed by atoms with Gasteiger partial charge in [0.1, 0.15) is 22.2 Å². The standard InChI is InChI=1S/C23H13Cl3N2O5/c24-13-3-7-15(8-4-13)28-21(30)19(26)20(22(28)31)27-14-5-1-12(2-6-14)23(32)33-16-9-10-17(25)18(29)11-16/h1-11,27,29H. The normalized spacial score (nSPS) is 13.5. The molecule has 0 atom stereocenters. The van der Waals surface area contributed by atoms with E-state index in [4.69, 9.17) is 39.5 Å². The first-order valence-corrected chi connectivity index (χ1v) is 10.5. The number of nitrogens with one attached hydrogen (secondary N) is 1. The summed E-state index contributed by atoms with van der Waals surface area (Å²) >= 11 is 17.7. The van der Waals surface area contributed by atoms with Crippen LogP contribution in [-0.2, 0) is 9.59 Å². The molecule has 0 saturated heterocycles. The Balaban J connectivity index is 1.47. The number of phenolic OH excluding ortho intramolecular Hbond substituents is 1. The third-order valence-corrected chi connectivity index (χ3v) is 5.55. The molecule has 0 bridgehead atoms. The number of amides is 2. The van der Waals surface area contributed by atoms with Crippen molar-refractivity contribution in [3.63, 3.8) is 0 Å². The molecule has 0 aromatic heterocycles. The highest BCUT2D eigenvalue weighted by molar-refractivity contribution is 6.53. The molecule has 1 aliphatic heterocycles. The zero-order valence-electron chi connectivity index (χ0n) is 16.5. The summed E-state index contributed by atoms with van der Waals surface area (Å²) in [5.74, 6) is -2.05. The molecule has 0 saturated carbocycles. The van der Waals surface area contributed by atoms with Gasteiger partial charge < -0.3 is 15.2 Å². The summed E-state index contributed by atoms with van der Waals surface area (Å²) in [7, 11) is 0. The molecule has 0 unspecified atom stereocenters. The Morgan fingerprint density at radius 2 is 1.55 bits per heavy atom. The van der Waals surface area contributed by atoms with Crippen molar-refractivity contribution < 1.29 is 24.2 Å². The molecule has 1 heterocycles. The number of aromatic hydroxyl groups is 1. The van der Waals surface area contributed by atoms with E-state index in [1.54, 1.807) is 12.1 Å². The van der Waals surface area contributed by atoms with Crippen LogP contribution in [0.25, 0.3) is 0 Å². The first-order chi connectivity index (χ1) is 15.7. The highest BCUT2D eigenvalue weighted by Gasteiger charge is 2.38. The maximum absolute atomic E-state index is 12.8. The second kappa shape index (κ2) is 9.15. The topological polar surface area (TPSA) is 95.9 Å². The molecule has 166 valence electrons. The Morgan fingerprint density at radius 1 is 0.879 bits per heavy atom. The molecule has 4 rings (SSSR count). The summed E-state index contributed by atoms with van der Waals surface area (Å²) in [6, 6.07) is 16.2. The van der Waals surface area contributed by atoms with Crippen LogP contribution >= 0.6 is 34.8 Å². The molecular weight excluding hydrogens is 491 g/mol. The second-order valence-corrected chi connectivity index (χ2v) is 8.04. The van der Waals surface area contributed by atoms with Gasteiger partial charge in [-0.25, -0.2) is 9.69 Å². The van der Waals surface area contributed by atoms with E-state index in [1.165, 1.54) is 54.6 Å². The molecular formula is C23H13Cl3N2O5. The average Bonchev–Trinajstić information content (AvgIpc) is 3.00. The van der Waals surface area contributed by atoms with E-state index in [0.29, 0.717) is 16.4 Å². The van der Waals surface area contributed by atoms with Crippen LogP contribution in [0.3, 0.4) is 0 Å². The number of carbonyl (C=O) groups excluding carboxylic acids is 3. The van der Waals surface area contributed by atoms with Crippen LogP contribution in [0.15, 0.2) is 77.5 Å². The fraction of sp³-hybridized carbons (Fsp3) is 0. The van der Waals surface area contributed by atoms with E-state index >= 15 is 0 Å². The molecule has 0 spiro atoms. The van der Waals surface area contributed by atoms with Crippen LogP contribution in [0.4, 0.5) is 11.4 Å². The number of anilines is 2. The maximum atomic E-state index is 12.8. The monoisotopic (exact) mass is 502 g/mol. The van der Waals surface area contributed by atoms with Crippen LogP contribution in [0.5, 0.6) is 11.5 Å². The fourth-order valence-electron chi connectivity index (χ4n) is 2.99. The Labute approximate surface area is 202 Å². The Hall–Kier alpha value is -3.52. The van der Waals surface area contributed by atoms with Crippen LogP contribution in [0, 0.1) is 0 Å². The molecule has 3 aromatic rings. The number of esters is 1. The van der Waals surface area contributed by atoms with Crippen LogP contribution < -0.4 is 15.0 Å². The lowest BCUT2D eigenvalue weighted by molar-refractivity contribution is -0.120. The van der Waals surface area contributed by atoms with E-state index in [1.807, 2.05) is 0 Å². The van der Waals surface area contributed by atoms with Crippen molar-refractivity contribution in [2.75, 3.05) is 10.2 Å². The summed E-state index contributed by atoms with van der Waals surface area (Å²) in [4.78, 5) is 38.6. The van der Waals surface area contributed by atoms with Gasteiger partial charge in [-0.15, -0.1) is 0 Å². The van der Waals surface area contributed by atoms with E-state index < -0.39 is 17.8 Å². The minimum Gasteiger partial charge on any atom is -0.506 e. The smallest absolute Gasteiger partial charge is 0.343 e.